The molecule has 0 saturated carbocycles. The van der Waals surface area contributed by atoms with Gasteiger partial charge in [-0.15, -0.1) is 11.3 Å². The molecule has 3 aromatic rings. The Hall–Kier alpha value is -1.69. The molecule has 3 aromatic heterocycles. The first-order valence-corrected chi connectivity index (χ1v) is 9.52. The molecule has 1 aliphatic heterocycles. The van der Waals surface area contributed by atoms with Crippen molar-refractivity contribution in [3.8, 4) is 0 Å². The number of fused-ring (bicyclic) bond motifs is 5. The lowest BCUT2D eigenvalue weighted by Crippen LogP contribution is -2.34. The monoisotopic (exact) mass is 327 g/mol. The van der Waals surface area contributed by atoms with Crippen molar-refractivity contribution in [1.29, 1.82) is 0 Å². The van der Waals surface area contributed by atoms with Gasteiger partial charge in [-0.1, -0.05) is 6.92 Å². The highest BCUT2D eigenvalue weighted by Gasteiger charge is 2.25. The molecule has 4 heterocycles. The Balaban J connectivity index is 1.72. The standard InChI is InChI=1S/C17H21N5S/c1-11-6-8-21(9-7-11)17-20-16-14(15-18-10-19-22(15)17)12-4-2-3-5-13(12)23-16/h10-11H,2-9H2,1H3. The number of anilines is 1. The zero-order chi connectivity index (χ0) is 15.4. The maximum Gasteiger partial charge on any atom is 0.229 e. The number of piperidine rings is 1. The third kappa shape index (κ3) is 2.07. The molecule has 0 spiro atoms. The van der Waals surface area contributed by atoms with E-state index in [1.54, 1.807) is 6.33 Å². The number of hydrogen-bond acceptors (Lipinski definition) is 5. The van der Waals surface area contributed by atoms with Gasteiger partial charge in [-0.05, 0) is 50.0 Å². The molecule has 23 heavy (non-hydrogen) atoms. The lowest BCUT2D eigenvalue weighted by atomic mass is 9.97. The van der Waals surface area contributed by atoms with Crippen molar-refractivity contribution in [1.82, 2.24) is 19.6 Å². The quantitative estimate of drug-likeness (QED) is 0.687. The summed E-state index contributed by atoms with van der Waals surface area (Å²) >= 11 is 1.88. The predicted molar refractivity (Wildman–Crippen MR) is 93.4 cm³/mol. The van der Waals surface area contributed by atoms with Gasteiger partial charge >= 0.3 is 0 Å². The summed E-state index contributed by atoms with van der Waals surface area (Å²) in [6, 6.07) is 0. The van der Waals surface area contributed by atoms with Gasteiger partial charge in [-0.2, -0.15) is 9.61 Å². The van der Waals surface area contributed by atoms with Crippen molar-refractivity contribution in [2.75, 3.05) is 18.0 Å². The molecule has 5 nitrogen and oxygen atoms in total. The molecule has 0 amide bonds. The van der Waals surface area contributed by atoms with Crippen LogP contribution in [0.1, 0.15) is 43.0 Å². The van der Waals surface area contributed by atoms with Gasteiger partial charge in [0.15, 0.2) is 5.65 Å². The zero-order valence-corrected chi connectivity index (χ0v) is 14.3. The Morgan fingerprint density at radius 1 is 1.17 bits per heavy atom. The lowest BCUT2D eigenvalue weighted by Gasteiger charge is -2.30. The maximum atomic E-state index is 5.03. The summed E-state index contributed by atoms with van der Waals surface area (Å²) in [6.07, 6.45) is 9.10. The van der Waals surface area contributed by atoms with Crippen LogP contribution in [0.5, 0.6) is 0 Å². The topological polar surface area (TPSA) is 46.3 Å². The molecule has 1 aliphatic carbocycles. The van der Waals surface area contributed by atoms with Crippen molar-refractivity contribution in [2.45, 2.75) is 45.4 Å². The molecule has 0 N–H and O–H groups in total. The van der Waals surface area contributed by atoms with E-state index in [0.29, 0.717) is 0 Å². The Labute approximate surface area is 139 Å². The van der Waals surface area contributed by atoms with Crippen molar-refractivity contribution in [3.05, 3.63) is 16.8 Å². The lowest BCUT2D eigenvalue weighted by molar-refractivity contribution is 0.433. The van der Waals surface area contributed by atoms with Crippen molar-refractivity contribution in [2.24, 2.45) is 5.92 Å². The third-order valence-corrected chi connectivity index (χ3v) is 6.57. The van der Waals surface area contributed by atoms with Crippen LogP contribution in [-0.4, -0.2) is 32.7 Å². The Morgan fingerprint density at radius 3 is 2.87 bits per heavy atom. The molecule has 0 atom stereocenters. The number of nitrogens with zero attached hydrogens (tertiary/aromatic N) is 5. The average molecular weight is 327 g/mol. The van der Waals surface area contributed by atoms with Gasteiger partial charge in [0.05, 0.1) is 5.39 Å². The SMILES string of the molecule is CC1CCN(c2nc3sc4c(c3c3ncnn23)CCCC4)CC1. The van der Waals surface area contributed by atoms with Gasteiger partial charge < -0.3 is 4.90 Å². The molecule has 120 valence electrons. The van der Waals surface area contributed by atoms with E-state index in [9.17, 15) is 0 Å². The van der Waals surface area contributed by atoms with Crippen LogP contribution < -0.4 is 4.90 Å². The Kier molecular flexibility index (Phi) is 3.08. The Morgan fingerprint density at radius 2 is 2.00 bits per heavy atom. The molecule has 0 aromatic carbocycles. The second-order valence-corrected chi connectivity index (χ2v) is 8.05. The predicted octanol–water partition coefficient (Wildman–Crippen LogP) is 3.45. The molecule has 1 fully saturated rings. The smallest absolute Gasteiger partial charge is 0.229 e. The summed E-state index contributed by atoms with van der Waals surface area (Å²) in [6.45, 7) is 4.48. The summed E-state index contributed by atoms with van der Waals surface area (Å²) in [5.41, 5.74) is 2.49. The van der Waals surface area contributed by atoms with Gasteiger partial charge in [0, 0.05) is 18.0 Å². The summed E-state index contributed by atoms with van der Waals surface area (Å²) in [7, 11) is 0. The Bertz CT molecular complexity index is 872. The fraction of sp³-hybridized carbons (Fsp3) is 0.588. The molecule has 1 saturated heterocycles. The fourth-order valence-electron chi connectivity index (χ4n) is 3.97. The highest BCUT2D eigenvalue weighted by molar-refractivity contribution is 7.19. The van der Waals surface area contributed by atoms with Gasteiger partial charge in [-0.3, -0.25) is 0 Å². The maximum absolute atomic E-state index is 5.03. The van der Waals surface area contributed by atoms with E-state index in [-0.39, 0.29) is 0 Å². The van der Waals surface area contributed by atoms with E-state index in [1.807, 2.05) is 15.9 Å². The number of rotatable bonds is 1. The number of thiophene rings is 1. The first kappa shape index (κ1) is 13.7. The molecule has 5 rings (SSSR count). The largest absolute Gasteiger partial charge is 0.341 e. The van der Waals surface area contributed by atoms with Crippen LogP contribution in [0.2, 0.25) is 0 Å². The molecule has 6 heteroatoms. The summed E-state index contributed by atoms with van der Waals surface area (Å²) in [4.78, 5) is 14.7. The normalized spacial score (nSPS) is 19.6. The average Bonchev–Trinajstić information content (AvgIpc) is 3.18. The molecule has 0 radical (unpaired) electrons. The summed E-state index contributed by atoms with van der Waals surface area (Å²) in [5, 5.41) is 5.76. The van der Waals surface area contributed by atoms with E-state index in [4.69, 9.17) is 4.98 Å². The number of aryl methyl sites for hydroxylation is 2. The second kappa shape index (κ2) is 5.16. The van der Waals surface area contributed by atoms with Crippen LogP contribution >= 0.6 is 11.3 Å². The van der Waals surface area contributed by atoms with E-state index < -0.39 is 0 Å². The van der Waals surface area contributed by atoms with Crippen molar-refractivity contribution < 1.29 is 0 Å². The van der Waals surface area contributed by atoms with Crippen LogP contribution in [0.25, 0.3) is 15.9 Å². The van der Waals surface area contributed by atoms with Crippen molar-refractivity contribution >= 4 is 33.1 Å². The van der Waals surface area contributed by atoms with Crippen LogP contribution in [0.4, 0.5) is 5.95 Å². The highest BCUT2D eigenvalue weighted by atomic mass is 32.1. The van der Waals surface area contributed by atoms with Crippen LogP contribution in [-0.2, 0) is 12.8 Å². The van der Waals surface area contributed by atoms with Crippen molar-refractivity contribution in [3.63, 3.8) is 0 Å². The summed E-state index contributed by atoms with van der Waals surface area (Å²) < 4.78 is 1.97. The van der Waals surface area contributed by atoms with E-state index in [2.05, 4.69) is 21.9 Å². The first-order chi connectivity index (χ1) is 11.3. The molecular weight excluding hydrogens is 306 g/mol. The summed E-state index contributed by atoms with van der Waals surface area (Å²) in [5.74, 6) is 1.80. The van der Waals surface area contributed by atoms with E-state index in [1.165, 1.54) is 54.4 Å². The molecule has 0 unspecified atom stereocenters. The van der Waals surface area contributed by atoms with Gasteiger partial charge in [0.2, 0.25) is 5.95 Å². The molecule has 2 aliphatic rings. The minimum absolute atomic E-state index is 0.815. The minimum Gasteiger partial charge on any atom is -0.341 e. The van der Waals surface area contributed by atoms with Gasteiger partial charge in [-0.25, -0.2) is 9.97 Å². The molecular formula is C17H21N5S. The van der Waals surface area contributed by atoms with Gasteiger partial charge in [0.1, 0.15) is 11.2 Å². The van der Waals surface area contributed by atoms with Crippen LogP contribution in [0.3, 0.4) is 0 Å². The number of aromatic nitrogens is 4. The molecule has 0 bridgehead atoms. The number of hydrogen-bond donors (Lipinski definition) is 0. The van der Waals surface area contributed by atoms with Crippen LogP contribution in [0, 0.1) is 5.92 Å². The second-order valence-electron chi connectivity index (χ2n) is 6.97. The van der Waals surface area contributed by atoms with E-state index in [0.717, 1.165) is 35.4 Å². The fourth-order valence-corrected chi connectivity index (χ4v) is 5.22. The minimum atomic E-state index is 0.815. The van der Waals surface area contributed by atoms with Gasteiger partial charge in [0.25, 0.3) is 0 Å². The van der Waals surface area contributed by atoms with Crippen LogP contribution in [0.15, 0.2) is 6.33 Å². The third-order valence-electron chi connectivity index (χ3n) is 5.38. The van der Waals surface area contributed by atoms with E-state index >= 15 is 0 Å². The highest BCUT2D eigenvalue weighted by Crippen LogP contribution is 2.38. The zero-order valence-electron chi connectivity index (χ0n) is 13.5. The first-order valence-electron chi connectivity index (χ1n) is 8.70.